The van der Waals surface area contributed by atoms with Crippen molar-refractivity contribution in [3.63, 3.8) is 0 Å². The fraction of sp³-hybridized carbons (Fsp3) is 0.316. The molecule has 1 amide bonds. The smallest absolute Gasteiger partial charge is 0.224 e. The van der Waals surface area contributed by atoms with Gasteiger partial charge in [0.25, 0.3) is 0 Å². The maximum Gasteiger partial charge on any atom is 0.224 e. The van der Waals surface area contributed by atoms with Gasteiger partial charge >= 0.3 is 0 Å². The lowest BCUT2D eigenvalue weighted by Crippen LogP contribution is -2.37. The van der Waals surface area contributed by atoms with Crippen LogP contribution < -0.4 is 10.6 Å². The predicted octanol–water partition coefficient (Wildman–Crippen LogP) is 2.90. The van der Waals surface area contributed by atoms with Crippen LogP contribution in [0.3, 0.4) is 0 Å². The fourth-order valence-corrected chi connectivity index (χ4v) is 2.94. The van der Waals surface area contributed by atoms with E-state index in [1.54, 1.807) is 6.07 Å². The molecule has 0 aromatic heterocycles. The monoisotopic (exact) mass is 312 g/mol. The molecule has 1 atom stereocenters. The summed E-state index contributed by atoms with van der Waals surface area (Å²) in [6, 6.07) is 14.8. The first-order valence-electron chi connectivity index (χ1n) is 8.06. The van der Waals surface area contributed by atoms with Crippen molar-refractivity contribution >= 4 is 5.91 Å². The Labute approximate surface area is 135 Å². The zero-order valence-electron chi connectivity index (χ0n) is 13.0. The number of carbonyl (C=O) groups is 1. The highest BCUT2D eigenvalue weighted by atomic mass is 19.1. The lowest BCUT2D eigenvalue weighted by atomic mass is 10.0. The summed E-state index contributed by atoms with van der Waals surface area (Å²) in [7, 11) is 0. The molecular weight excluding hydrogens is 291 g/mol. The summed E-state index contributed by atoms with van der Waals surface area (Å²) in [6.07, 6.45) is 2.46. The number of amides is 1. The molecule has 120 valence electrons. The van der Waals surface area contributed by atoms with Crippen molar-refractivity contribution in [2.75, 3.05) is 13.1 Å². The number of rotatable bonds is 5. The number of nitrogens with one attached hydrogen (secondary N) is 2. The first kappa shape index (κ1) is 15.7. The molecule has 3 rings (SSSR count). The molecule has 2 aromatic carbocycles. The number of halogens is 1. The molecule has 2 N–H and O–H groups in total. The van der Waals surface area contributed by atoms with E-state index in [2.05, 4.69) is 10.6 Å². The molecule has 0 saturated carbocycles. The SMILES string of the molecule is O=C(Cc1ccc(-c2ccccc2)c(F)c1)NCC1CCCN1. The molecular formula is C19H21FN2O. The van der Waals surface area contributed by atoms with Crippen LogP contribution in [0.4, 0.5) is 4.39 Å². The second-order valence-corrected chi connectivity index (χ2v) is 5.95. The van der Waals surface area contributed by atoms with E-state index >= 15 is 0 Å². The number of hydrogen-bond donors (Lipinski definition) is 2. The van der Waals surface area contributed by atoms with Crippen LogP contribution in [-0.4, -0.2) is 25.0 Å². The molecule has 23 heavy (non-hydrogen) atoms. The van der Waals surface area contributed by atoms with E-state index in [1.165, 1.54) is 6.07 Å². The summed E-state index contributed by atoms with van der Waals surface area (Å²) >= 11 is 0. The molecule has 4 heteroatoms. The summed E-state index contributed by atoms with van der Waals surface area (Å²) in [6.45, 7) is 1.66. The van der Waals surface area contributed by atoms with Crippen LogP contribution in [0.5, 0.6) is 0 Å². The molecule has 1 aliphatic heterocycles. The maximum atomic E-state index is 14.3. The third kappa shape index (κ3) is 4.17. The van der Waals surface area contributed by atoms with E-state index in [0.717, 1.165) is 24.9 Å². The highest BCUT2D eigenvalue weighted by molar-refractivity contribution is 5.79. The van der Waals surface area contributed by atoms with Gasteiger partial charge in [0.1, 0.15) is 5.82 Å². The molecule has 1 unspecified atom stereocenters. The van der Waals surface area contributed by atoms with Crippen molar-refractivity contribution in [2.24, 2.45) is 0 Å². The average molecular weight is 312 g/mol. The fourth-order valence-electron chi connectivity index (χ4n) is 2.94. The Kier molecular flexibility index (Phi) is 5.03. The molecule has 0 aliphatic carbocycles. The summed E-state index contributed by atoms with van der Waals surface area (Å²) in [4.78, 5) is 12.0. The topological polar surface area (TPSA) is 41.1 Å². The van der Waals surface area contributed by atoms with Gasteiger partial charge in [-0.2, -0.15) is 0 Å². The highest BCUT2D eigenvalue weighted by Gasteiger charge is 2.15. The molecule has 1 fully saturated rings. The first-order chi connectivity index (χ1) is 11.2. The van der Waals surface area contributed by atoms with Gasteiger partial charge in [0.2, 0.25) is 5.91 Å². The van der Waals surface area contributed by atoms with Crippen LogP contribution >= 0.6 is 0 Å². The quantitative estimate of drug-likeness (QED) is 0.891. The van der Waals surface area contributed by atoms with E-state index < -0.39 is 0 Å². The molecule has 2 aromatic rings. The van der Waals surface area contributed by atoms with Crippen molar-refractivity contribution in [1.29, 1.82) is 0 Å². The zero-order valence-corrected chi connectivity index (χ0v) is 13.0. The molecule has 0 spiro atoms. The molecule has 1 saturated heterocycles. The van der Waals surface area contributed by atoms with Gasteiger partial charge in [0.05, 0.1) is 6.42 Å². The minimum absolute atomic E-state index is 0.0643. The second kappa shape index (κ2) is 7.38. The Morgan fingerprint density at radius 1 is 1.22 bits per heavy atom. The van der Waals surface area contributed by atoms with Crippen molar-refractivity contribution < 1.29 is 9.18 Å². The van der Waals surface area contributed by atoms with E-state index in [-0.39, 0.29) is 18.1 Å². The predicted molar refractivity (Wildman–Crippen MR) is 89.6 cm³/mol. The van der Waals surface area contributed by atoms with E-state index in [9.17, 15) is 9.18 Å². The average Bonchev–Trinajstić information content (AvgIpc) is 3.07. The molecule has 1 aliphatic rings. The largest absolute Gasteiger partial charge is 0.354 e. The number of hydrogen-bond acceptors (Lipinski definition) is 2. The molecule has 3 nitrogen and oxygen atoms in total. The molecule has 0 bridgehead atoms. The van der Waals surface area contributed by atoms with Crippen LogP contribution in [-0.2, 0) is 11.2 Å². The Hall–Kier alpha value is -2.20. The van der Waals surface area contributed by atoms with Crippen LogP contribution in [0.2, 0.25) is 0 Å². The summed E-state index contributed by atoms with van der Waals surface area (Å²) in [5, 5.41) is 6.25. The van der Waals surface area contributed by atoms with E-state index in [4.69, 9.17) is 0 Å². The van der Waals surface area contributed by atoms with Crippen molar-refractivity contribution in [2.45, 2.75) is 25.3 Å². The van der Waals surface area contributed by atoms with Gasteiger partial charge in [-0.1, -0.05) is 42.5 Å². The second-order valence-electron chi connectivity index (χ2n) is 5.95. The Bertz CT molecular complexity index is 666. The van der Waals surface area contributed by atoms with E-state index in [0.29, 0.717) is 23.7 Å². The van der Waals surface area contributed by atoms with Crippen molar-refractivity contribution in [1.82, 2.24) is 10.6 Å². The zero-order chi connectivity index (χ0) is 16.1. The summed E-state index contributed by atoms with van der Waals surface area (Å²) < 4.78 is 14.3. The first-order valence-corrected chi connectivity index (χ1v) is 8.06. The molecule has 0 radical (unpaired) electrons. The Balaban J connectivity index is 1.60. The number of benzene rings is 2. The Morgan fingerprint density at radius 2 is 2.04 bits per heavy atom. The van der Waals surface area contributed by atoms with Crippen LogP contribution in [0.15, 0.2) is 48.5 Å². The maximum absolute atomic E-state index is 14.3. The minimum Gasteiger partial charge on any atom is -0.354 e. The van der Waals surface area contributed by atoms with Gasteiger partial charge in [0.15, 0.2) is 0 Å². The lowest BCUT2D eigenvalue weighted by Gasteiger charge is -2.12. The lowest BCUT2D eigenvalue weighted by molar-refractivity contribution is -0.120. The third-order valence-corrected chi connectivity index (χ3v) is 4.19. The van der Waals surface area contributed by atoms with Gasteiger partial charge in [-0.3, -0.25) is 4.79 Å². The molecule has 1 heterocycles. The summed E-state index contributed by atoms with van der Waals surface area (Å²) in [5.41, 5.74) is 2.09. The minimum atomic E-state index is -0.293. The highest BCUT2D eigenvalue weighted by Crippen LogP contribution is 2.23. The Morgan fingerprint density at radius 3 is 2.74 bits per heavy atom. The van der Waals surface area contributed by atoms with E-state index in [1.807, 2.05) is 36.4 Å². The normalized spacial score (nSPS) is 17.2. The van der Waals surface area contributed by atoms with Gasteiger partial charge in [-0.05, 0) is 36.6 Å². The van der Waals surface area contributed by atoms with Crippen LogP contribution in [0.25, 0.3) is 11.1 Å². The third-order valence-electron chi connectivity index (χ3n) is 4.19. The standard InChI is InChI=1S/C19H21FN2O/c20-18-11-14(8-9-17(18)15-5-2-1-3-6-15)12-19(23)22-13-16-7-4-10-21-16/h1-3,5-6,8-9,11,16,21H,4,7,10,12-13H2,(H,22,23). The van der Waals surface area contributed by atoms with Crippen molar-refractivity contribution in [3.05, 3.63) is 59.9 Å². The number of carbonyl (C=O) groups excluding carboxylic acids is 1. The van der Waals surface area contributed by atoms with Gasteiger partial charge < -0.3 is 10.6 Å². The summed E-state index contributed by atoms with van der Waals surface area (Å²) in [5.74, 6) is -0.357. The van der Waals surface area contributed by atoms with Crippen LogP contribution in [0.1, 0.15) is 18.4 Å². The van der Waals surface area contributed by atoms with Gasteiger partial charge in [0, 0.05) is 18.2 Å². The van der Waals surface area contributed by atoms with Gasteiger partial charge in [-0.25, -0.2) is 4.39 Å². The van der Waals surface area contributed by atoms with Crippen molar-refractivity contribution in [3.8, 4) is 11.1 Å². The van der Waals surface area contributed by atoms with Crippen LogP contribution in [0, 0.1) is 5.82 Å². The van der Waals surface area contributed by atoms with Gasteiger partial charge in [-0.15, -0.1) is 0 Å².